The quantitative estimate of drug-likeness (QED) is 0.350. The lowest BCUT2D eigenvalue weighted by molar-refractivity contribution is -0.389. The normalized spacial score (nSPS) is 20.6. The molecule has 4 heterocycles. The molecule has 3 aliphatic rings. The molecule has 0 saturated carbocycles. The fraction of sp³-hybridized carbons (Fsp3) is 0.522. The molecule has 2 aromatic rings. The van der Waals surface area contributed by atoms with Crippen molar-refractivity contribution in [2.75, 3.05) is 44.6 Å². The molecule has 1 atom stereocenters. The van der Waals surface area contributed by atoms with E-state index in [2.05, 4.69) is 15.2 Å². The van der Waals surface area contributed by atoms with Gasteiger partial charge in [0, 0.05) is 62.8 Å². The van der Waals surface area contributed by atoms with Crippen molar-refractivity contribution in [1.82, 2.24) is 24.3 Å². The number of rotatable bonds is 5. The molecule has 2 saturated heterocycles. The van der Waals surface area contributed by atoms with Crippen molar-refractivity contribution in [3.05, 3.63) is 46.1 Å². The highest BCUT2D eigenvalue weighted by Crippen LogP contribution is 2.38. The number of alkyl halides is 3. The van der Waals surface area contributed by atoms with E-state index in [0.29, 0.717) is 58.7 Å². The van der Waals surface area contributed by atoms with Crippen LogP contribution in [-0.2, 0) is 17.5 Å². The minimum absolute atomic E-state index is 0.239. The molecule has 1 aromatic carbocycles. The fourth-order valence-electron chi connectivity index (χ4n) is 5.20. The zero-order chi connectivity index (χ0) is 27.1. The third kappa shape index (κ3) is 5.15. The van der Waals surface area contributed by atoms with Crippen LogP contribution in [0.4, 0.5) is 29.5 Å². The van der Waals surface area contributed by atoms with Gasteiger partial charge in [0.25, 0.3) is 0 Å². The van der Waals surface area contributed by atoms with Crippen molar-refractivity contribution in [1.29, 1.82) is 0 Å². The molecule has 2 amide bonds. The van der Waals surface area contributed by atoms with E-state index in [9.17, 15) is 32.9 Å². The van der Waals surface area contributed by atoms with Crippen LogP contribution in [0.15, 0.2) is 30.5 Å². The van der Waals surface area contributed by atoms with Crippen molar-refractivity contribution in [3.8, 4) is 6.01 Å². The third-order valence-electron chi connectivity index (χ3n) is 7.32. The maximum Gasteiger partial charge on any atom is 0.416 e. The number of benzene rings is 1. The van der Waals surface area contributed by atoms with Gasteiger partial charge in [-0.15, -0.1) is 0 Å². The summed E-state index contributed by atoms with van der Waals surface area (Å²) < 4.78 is 45.9. The summed E-state index contributed by atoms with van der Waals surface area (Å²) in [5.74, 6) is -0.250. The number of anilines is 1. The lowest BCUT2D eigenvalue weighted by Crippen LogP contribution is -2.60. The Morgan fingerprint density at radius 2 is 1.74 bits per heavy atom. The van der Waals surface area contributed by atoms with Gasteiger partial charge in [-0.2, -0.15) is 13.2 Å². The minimum atomic E-state index is -4.45. The Labute approximate surface area is 215 Å². The van der Waals surface area contributed by atoms with Crippen LogP contribution in [0.1, 0.15) is 18.4 Å². The number of nitrogens with one attached hydrogen (secondary N) is 1. The smallest absolute Gasteiger partial charge is 0.416 e. The summed E-state index contributed by atoms with van der Waals surface area (Å²) in [4.78, 5) is 44.6. The Morgan fingerprint density at radius 3 is 2.29 bits per heavy atom. The Kier molecular flexibility index (Phi) is 6.73. The fourth-order valence-corrected chi connectivity index (χ4v) is 5.20. The second-order valence-electron chi connectivity index (χ2n) is 9.67. The van der Waals surface area contributed by atoms with Gasteiger partial charge in [0.2, 0.25) is 0 Å². The van der Waals surface area contributed by atoms with Crippen LogP contribution in [0.3, 0.4) is 0 Å². The molecule has 0 bridgehead atoms. The van der Waals surface area contributed by atoms with E-state index in [-0.39, 0.29) is 17.5 Å². The summed E-state index contributed by atoms with van der Waals surface area (Å²) in [6.45, 7) is 3.28. The first-order chi connectivity index (χ1) is 18.1. The number of ether oxygens (including phenoxy) is 1. The number of likely N-dealkylation sites (tertiary alicyclic amines) is 1. The number of aromatic nitrogens is 2. The largest absolute Gasteiger partial charge is 0.437 e. The molecular weight excluding hydrogens is 511 g/mol. The van der Waals surface area contributed by atoms with Crippen molar-refractivity contribution in [3.63, 3.8) is 0 Å². The number of halogens is 3. The molecule has 0 radical (unpaired) electrons. The van der Waals surface area contributed by atoms with Gasteiger partial charge in [-0.1, -0.05) is 0 Å². The monoisotopic (exact) mass is 537 g/mol. The average molecular weight is 537 g/mol. The lowest BCUT2D eigenvalue weighted by Gasteiger charge is -2.45. The van der Waals surface area contributed by atoms with Gasteiger partial charge in [0.1, 0.15) is 18.0 Å². The highest BCUT2D eigenvalue weighted by atomic mass is 19.4. The first-order valence-corrected chi connectivity index (χ1v) is 12.1. The molecular formula is C23H26F3N7O5. The van der Waals surface area contributed by atoms with Crippen molar-refractivity contribution < 1.29 is 32.4 Å². The van der Waals surface area contributed by atoms with Crippen LogP contribution in [0.2, 0.25) is 0 Å². The van der Waals surface area contributed by atoms with Gasteiger partial charge in [-0.25, -0.2) is 4.79 Å². The first-order valence-electron chi connectivity index (χ1n) is 12.1. The summed E-state index contributed by atoms with van der Waals surface area (Å²) in [5.41, 5.74) is -1.03. The Hall–Kier alpha value is -3.72. The summed E-state index contributed by atoms with van der Waals surface area (Å²) in [5, 5.41) is 13.5. The second-order valence-corrected chi connectivity index (χ2v) is 9.67. The van der Waals surface area contributed by atoms with Gasteiger partial charge in [-0.05, 0) is 29.2 Å². The highest BCUT2D eigenvalue weighted by Gasteiger charge is 2.47. The number of urea groups is 1. The summed E-state index contributed by atoms with van der Waals surface area (Å²) in [6.07, 6.45) is -1.39. The highest BCUT2D eigenvalue weighted by molar-refractivity contribution is 5.89. The molecule has 15 heteroatoms. The second kappa shape index (κ2) is 9.87. The van der Waals surface area contributed by atoms with Crippen LogP contribution in [0.5, 0.6) is 6.01 Å². The number of aldehydes is 1. The van der Waals surface area contributed by atoms with Crippen molar-refractivity contribution >= 4 is 23.8 Å². The zero-order valence-electron chi connectivity index (χ0n) is 20.3. The van der Waals surface area contributed by atoms with Gasteiger partial charge in [0.15, 0.2) is 6.29 Å². The molecule has 0 aliphatic carbocycles. The molecule has 3 aliphatic heterocycles. The molecule has 1 aromatic heterocycles. The van der Waals surface area contributed by atoms with Crippen LogP contribution >= 0.6 is 0 Å². The Bertz CT molecular complexity index is 1180. The maximum atomic E-state index is 12.7. The van der Waals surface area contributed by atoms with E-state index < -0.39 is 34.5 Å². The molecule has 38 heavy (non-hydrogen) atoms. The molecule has 204 valence electrons. The standard InChI is InChI=1S/C23H26F3N7O5/c24-23(25,26)16-1-3-17(4-2-16)27-20(35)31-11-9-30(10-12-31)19(14-34)29-7-5-22(6-8-29)15-32-13-18(33(36)37)28-21(32)38-22/h1-4,13-14,19H,5-12,15H2,(H,27,35). The maximum absolute atomic E-state index is 12.7. The molecule has 12 nitrogen and oxygen atoms in total. The predicted octanol–water partition coefficient (Wildman–Crippen LogP) is 2.41. The number of fused-ring (bicyclic) bond motifs is 1. The van der Waals surface area contributed by atoms with Gasteiger partial charge >= 0.3 is 24.0 Å². The Balaban J connectivity index is 1.11. The number of piperidine rings is 1. The number of amides is 2. The number of hydrogen-bond donors (Lipinski definition) is 1. The first kappa shape index (κ1) is 25.9. The average Bonchev–Trinajstić information content (AvgIpc) is 3.42. The van der Waals surface area contributed by atoms with E-state index >= 15 is 0 Å². The molecule has 1 unspecified atom stereocenters. The molecule has 1 N–H and O–H groups in total. The summed E-state index contributed by atoms with van der Waals surface area (Å²) in [6, 6.07) is 4.08. The lowest BCUT2D eigenvalue weighted by atomic mass is 9.91. The van der Waals surface area contributed by atoms with Crippen LogP contribution in [0, 0.1) is 10.1 Å². The molecule has 1 spiro atoms. The van der Waals surface area contributed by atoms with Crippen LogP contribution in [0.25, 0.3) is 0 Å². The third-order valence-corrected chi connectivity index (χ3v) is 7.32. The number of hydrogen-bond acceptors (Lipinski definition) is 8. The van der Waals surface area contributed by atoms with E-state index in [0.717, 1.165) is 18.4 Å². The summed E-state index contributed by atoms with van der Waals surface area (Å²) in [7, 11) is 0. The van der Waals surface area contributed by atoms with Gasteiger partial charge < -0.3 is 29.9 Å². The topological polar surface area (TPSA) is 126 Å². The number of nitrogens with zero attached hydrogens (tertiary/aromatic N) is 6. The summed E-state index contributed by atoms with van der Waals surface area (Å²) >= 11 is 0. The van der Waals surface area contributed by atoms with E-state index in [1.54, 1.807) is 9.47 Å². The van der Waals surface area contributed by atoms with E-state index in [1.165, 1.54) is 18.3 Å². The number of carbonyl (C=O) groups excluding carboxylic acids is 2. The Morgan fingerprint density at radius 1 is 1.11 bits per heavy atom. The molecule has 5 rings (SSSR count). The molecule has 2 fully saturated rings. The van der Waals surface area contributed by atoms with Gasteiger partial charge in [0.05, 0.1) is 12.1 Å². The van der Waals surface area contributed by atoms with Gasteiger partial charge in [-0.3, -0.25) is 14.4 Å². The van der Waals surface area contributed by atoms with Crippen LogP contribution < -0.4 is 10.1 Å². The van der Waals surface area contributed by atoms with Crippen LogP contribution in [-0.4, -0.2) is 92.5 Å². The van der Waals surface area contributed by atoms with E-state index in [1.807, 2.05) is 4.90 Å². The minimum Gasteiger partial charge on any atom is -0.437 e. The van der Waals surface area contributed by atoms with Crippen molar-refractivity contribution in [2.45, 2.75) is 37.3 Å². The zero-order valence-corrected chi connectivity index (χ0v) is 20.3. The number of carbonyl (C=O) groups is 2. The SMILES string of the molecule is O=CC(N1CCN(C(=O)Nc2ccc(C(F)(F)F)cc2)CC1)N1CCC2(CC1)Cn1cc([N+](=O)[O-])nc1O2. The van der Waals surface area contributed by atoms with E-state index in [4.69, 9.17) is 4.74 Å². The number of nitro groups is 1. The number of piperazine rings is 1. The van der Waals surface area contributed by atoms with Crippen molar-refractivity contribution in [2.24, 2.45) is 0 Å². The number of imidazole rings is 1. The predicted molar refractivity (Wildman–Crippen MR) is 127 cm³/mol.